The Labute approximate surface area is 228 Å². The van der Waals surface area contributed by atoms with E-state index >= 15 is 0 Å². The predicted octanol–water partition coefficient (Wildman–Crippen LogP) is -2.44. The second kappa shape index (κ2) is 19.8. The number of aromatic carboxylic acids is 1. The molecular formula is C20H28NaO14P. The van der Waals surface area contributed by atoms with Crippen LogP contribution in [0.25, 0.3) is 0 Å². The van der Waals surface area contributed by atoms with E-state index in [-0.39, 0.29) is 68.1 Å². The van der Waals surface area contributed by atoms with Crippen molar-refractivity contribution in [3.63, 3.8) is 0 Å². The molecule has 0 unspecified atom stereocenters. The summed E-state index contributed by atoms with van der Waals surface area (Å²) < 4.78 is 8.88. The van der Waals surface area contributed by atoms with E-state index in [2.05, 4.69) is 0 Å². The average molecular weight is 546 g/mol. The maximum absolute atomic E-state index is 11.4. The quantitative estimate of drug-likeness (QED) is 0.0770. The molecule has 0 saturated heterocycles. The number of hydrogen-bond donors (Lipinski definition) is 7. The molecule has 1 aromatic carbocycles. The van der Waals surface area contributed by atoms with Crippen LogP contribution in [0.1, 0.15) is 61.7 Å². The standard InChI is InChI=1S/C13H20O8.C7H6O2.Na.H3O4P/c14-9(15)3-1-2-6-13(12(20)21,7-4-10(16)17)8-5-11(18)19;8-7(9)6-4-2-1-3-5-6;;1-5(2,3)4/h1-8H2,(H,14,15)(H,16,17)(H,18,19)(H,20,21);1-5H,(H,8,9);;(H3,1,2,3,4)/q;;+1;/p-1. The molecule has 0 heterocycles. The molecule has 0 bridgehead atoms. The van der Waals surface area contributed by atoms with Gasteiger partial charge in [0.15, 0.2) is 0 Å². The first-order chi connectivity index (χ1) is 16.0. The van der Waals surface area contributed by atoms with E-state index in [9.17, 15) is 29.1 Å². The molecule has 0 aliphatic heterocycles. The Balaban J connectivity index is -0.000000593. The molecule has 1 aromatic rings. The van der Waals surface area contributed by atoms with Crippen LogP contribution < -0.4 is 34.7 Å². The molecule has 198 valence electrons. The minimum Gasteiger partial charge on any atom is -0.550 e. The number of carbonyl (C=O) groups is 5. The fourth-order valence-corrected chi connectivity index (χ4v) is 2.69. The zero-order valence-electron chi connectivity index (χ0n) is 19.5. The summed E-state index contributed by atoms with van der Waals surface area (Å²) in [5, 5.41) is 45.6. The fourth-order valence-electron chi connectivity index (χ4n) is 2.69. The van der Waals surface area contributed by atoms with Crippen molar-refractivity contribution < 1.29 is 98.3 Å². The maximum Gasteiger partial charge on any atom is 1.00 e. The molecule has 7 N–H and O–H groups in total. The van der Waals surface area contributed by atoms with E-state index in [1.54, 1.807) is 30.3 Å². The van der Waals surface area contributed by atoms with Crippen LogP contribution in [0.3, 0.4) is 0 Å². The van der Waals surface area contributed by atoms with Crippen LogP contribution in [0.5, 0.6) is 0 Å². The fraction of sp³-hybridized carbons (Fsp3) is 0.450. The zero-order valence-corrected chi connectivity index (χ0v) is 22.4. The second-order valence-corrected chi connectivity index (χ2v) is 8.17. The molecule has 0 amide bonds. The summed E-state index contributed by atoms with van der Waals surface area (Å²) in [5.74, 6) is -5.73. The smallest absolute Gasteiger partial charge is 0.550 e. The van der Waals surface area contributed by atoms with E-state index in [1.807, 2.05) is 0 Å². The summed E-state index contributed by atoms with van der Waals surface area (Å²) in [4.78, 5) is 74.8. The Hall–Kier alpha value is -2.32. The van der Waals surface area contributed by atoms with E-state index < -0.39 is 55.9 Å². The Bertz CT molecular complexity index is 857. The van der Waals surface area contributed by atoms with Gasteiger partial charge in [0.1, 0.15) is 0 Å². The zero-order chi connectivity index (χ0) is 27.7. The minimum atomic E-state index is -4.64. The molecule has 0 atom stereocenters. The van der Waals surface area contributed by atoms with Crippen LogP contribution in [0.15, 0.2) is 30.3 Å². The molecule has 36 heavy (non-hydrogen) atoms. The van der Waals surface area contributed by atoms with E-state index in [1.165, 1.54) is 0 Å². The number of aliphatic carboxylic acids is 4. The monoisotopic (exact) mass is 546 g/mol. The first kappa shape index (κ1) is 38.2. The largest absolute Gasteiger partial charge is 1.00 e. The van der Waals surface area contributed by atoms with Crippen molar-refractivity contribution in [1.29, 1.82) is 0 Å². The molecule has 1 rings (SSSR count). The van der Waals surface area contributed by atoms with Crippen LogP contribution >= 0.6 is 7.82 Å². The third-order valence-electron chi connectivity index (χ3n) is 4.38. The van der Waals surface area contributed by atoms with Crippen LogP contribution in [0.4, 0.5) is 0 Å². The van der Waals surface area contributed by atoms with E-state index in [0.717, 1.165) is 0 Å². The van der Waals surface area contributed by atoms with Gasteiger partial charge in [0.2, 0.25) is 0 Å². The van der Waals surface area contributed by atoms with Gasteiger partial charge in [-0.15, -0.1) is 0 Å². The minimum absolute atomic E-state index is 0. The maximum atomic E-state index is 11.4. The number of benzene rings is 1. The van der Waals surface area contributed by atoms with Gasteiger partial charge in [-0.25, -0.2) is 9.36 Å². The summed E-state index contributed by atoms with van der Waals surface area (Å²) in [6.07, 6.45) is -0.913. The summed E-state index contributed by atoms with van der Waals surface area (Å²) in [6, 6.07) is 8.30. The van der Waals surface area contributed by atoms with Crippen LogP contribution in [-0.2, 0) is 23.7 Å². The molecule has 0 fully saturated rings. The molecule has 0 spiro atoms. The second-order valence-electron chi connectivity index (χ2n) is 7.14. The van der Waals surface area contributed by atoms with Gasteiger partial charge >= 0.3 is 61.3 Å². The molecule has 16 heteroatoms. The average Bonchev–Trinajstić information content (AvgIpc) is 2.72. The molecule has 0 radical (unpaired) electrons. The number of hydrogen-bond acceptors (Lipinski definition) is 7. The van der Waals surface area contributed by atoms with Crippen molar-refractivity contribution in [2.45, 2.75) is 51.4 Å². The molecule has 14 nitrogen and oxygen atoms in total. The van der Waals surface area contributed by atoms with E-state index in [4.69, 9.17) is 39.7 Å². The number of carboxylic acid groups (broad SMARTS) is 5. The Morgan fingerprint density at radius 3 is 1.39 bits per heavy atom. The topological polar surface area (TPSA) is 267 Å². The number of carboxylic acids is 5. The van der Waals surface area contributed by atoms with Crippen LogP contribution in [0.2, 0.25) is 0 Å². The predicted molar refractivity (Wildman–Crippen MR) is 115 cm³/mol. The Morgan fingerprint density at radius 2 is 1.11 bits per heavy atom. The van der Waals surface area contributed by atoms with Crippen LogP contribution in [0, 0.1) is 5.41 Å². The molecule has 0 aromatic heterocycles. The van der Waals surface area contributed by atoms with Crippen LogP contribution in [-0.4, -0.2) is 65.0 Å². The van der Waals surface area contributed by atoms with Gasteiger partial charge in [0.25, 0.3) is 0 Å². The van der Waals surface area contributed by atoms with Gasteiger partial charge in [-0.1, -0.05) is 24.6 Å². The summed E-state index contributed by atoms with van der Waals surface area (Å²) in [5.41, 5.74) is -1.22. The van der Waals surface area contributed by atoms with Gasteiger partial charge < -0.3 is 45.0 Å². The first-order valence-corrected chi connectivity index (χ1v) is 11.5. The number of unbranched alkanes of at least 4 members (excludes halogenated alkanes) is 1. The molecule has 0 aliphatic carbocycles. The van der Waals surface area contributed by atoms with Gasteiger partial charge in [-0.05, 0) is 37.8 Å². The van der Waals surface area contributed by atoms with Crippen molar-refractivity contribution in [3.8, 4) is 0 Å². The third-order valence-corrected chi connectivity index (χ3v) is 4.38. The number of carbonyl (C=O) groups excluding carboxylic acids is 1. The van der Waals surface area contributed by atoms with Gasteiger partial charge in [0, 0.05) is 30.6 Å². The third kappa shape index (κ3) is 23.4. The van der Waals surface area contributed by atoms with Crippen molar-refractivity contribution in [1.82, 2.24) is 0 Å². The summed E-state index contributed by atoms with van der Waals surface area (Å²) in [7, 11) is -4.64. The summed E-state index contributed by atoms with van der Waals surface area (Å²) >= 11 is 0. The van der Waals surface area contributed by atoms with Gasteiger partial charge in [-0.3, -0.25) is 14.4 Å². The Morgan fingerprint density at radius 1 is 0.722 bits per heavy atom. The number of phosphoric acid groups is 1. The first-order valence-electron chi connectivity index (χ1n) is 9.93. The van der Waals surface area contributed by atoms with Crippen molar-refractivity contribution >= 4 is 37.7 Å². The van der Waals surface area contributed by atoms with Gasteiger partial charge in [-0.2, -0.15) is 0 Å². The van der Waals surface area contributed by atoms with Gasteiger partial charge in [0.05, 0.1) is 5.56 Å². The molecular weight excluding hydrogens is 518 g/mol. The SMILES string of the molecule is O=C(O)CCCCC(CCC(=O)O)(CCC(=O)O)C(=O)[O-].O=C(O)c1ccccc1.O=P(O)(O)O.[Na+]. The van der Waals surface area contributed by atoms with Crippen molar-refractivity contribution in [2.75, 3.05) is 0 Å². The van der Waals surface area contributed by atoms with E-state index in [0.29, 0.717) is 5.56 Å². The Kier molecular flexibility index (Phi) is 21.0. The normalized spacial score (nSPS) is 10.3. The van der Waals surface area contributed by atoms with Crippen molar-refractivity contribution in [2.24, 2.45) is 5.41 Å². The molecule has 0 saturated carbocycles. The number of rotatable bonds is 13. The molecule has 0 aliphatic rings. The summed E-state index contributed by atoms with van der Waals surface area (Å²) in [6.45, 7) is 0. The van der Waals surface area contributed by atoms with Crippen molar-refractivity contribution in [3.05, 3.63) is 35.9 Å².